The van der Waals surface area contributed by atoms with Crippen LogP contribution in [-0.4, -0.2) is 16.5 Å². The van der Waals surface area contributed by atoms with E-state index in [2.05, 4.69) is 46.0 Å². The Morgan fingerprint density at radius 1 is 1.37 bits per heavy atom. The molecule has 5 heteroatoms. The van der Waals surface area contributed by atoms with Gasteiger partial charge >= 0.3 is 0 Å². The van der Waals surface area contributed by atoms with E-state index >= 15 is 0 Å². The summed E-state index contributed by atoms with van der Waals surface area (Å²) in [6.07, 6.45) is 0.990. The Morgan fingerprint density at radius 3 is 2.79 bits per heavy atom. The summed E-state index contributed by atoms with van der Waals surface area (Å²) in [5.41, 5.74) is 8.21. The summed E-state index contributed by atoms with van der Waals surface area (Å²) in [7, 11) is 0. The van der Waals surface area contributed by atoms with Crippen LogP contribution in [0, 0.1) is 6.92 Å². The van der Waals surface area contributed by atoms with E-state index in [1.165, 1.54) is 5.56 Å². The van der Waals surface area contributed by atoms with E-state index in [0.717, 1.165) is 30.2 Å². The lowest BCUT2D eigenvalue weighted by Gasteiger charge is -2.13. The zero-order valence-corrected chi connectivity index (χ0v) is 12.4. The van der Waals surface area contributed by atoms with Crippen LogP contribution in [-0.2, 0) is 6.42 Å². The van der Waals surface area contributed by atoms with Crippen LogP contribution in [0.25, 0.3) is 0 Å². The Bertz CT molecular complexity index is 535. The van der Waals surface area contributed by atoms with Crippen LogP contribution in [0.2, 0.25) is 0 Å². The highest BCUT2D eigenvalue weighted by atomic mass is 32.1. The largest absolute Gasteiger partial charge is 0.383 e. The molecule has 0 aliphatic carbocycles. The van der Waals surface area contributed by atoms with Crippen LogP contribution >= 0.6 is 11.3 Å². The number of nitrogens with two attached hydrogens (primary N) is 1. The molecule has 0 aliphatic rings. The first kappa shape index (κ1) is 13.8. The van der Waals surface area contributed by atoms with Crippen LogP contribution < -0.4 is 11.1 Å². The molecule has 3 N–H and O–H groups in total. The fourth-order valence-electron chi connectivity index (χ4n) is 1.74. The molecule has 0 bridgehead atoms. The highest BCUT2D eigenvalue weighted by Gasteiger charge is 2.10. The van der Waals surface area contributed by atoms with Gasteiger partial charge in [0.05, 0.1) is 0 Å². The molecule has 0 unspecified atom stereocenters. The second kappa shape index (κ2) is 6.02. The van der Waals surface area contributed by atoms with Gasteiger partial charge in [-0.05, 0) is 35.7 Å². The third-order valence-corrected chi connectivity index (χ3v) is 3.74. The first-order chi connectivity index (χ1) is 9.08. The predicted octanol–water partition coefficient (Wildman–Crippen LogP) is 3.21. The van der Waals surface area contributed by atoms with Gasteiger partial charge in [-0.15, -0.1) is 0 Å². The number of aromatic nitrogens is 2. The highest BCUT2D eigenvalue weighted by Crippen LogP contribution is 2.20. The summed E-state index contributed by atoms with van der Waals surface area (Å²) < 4.78 is 0. The molecule has 2 heterocycles. The Kier molecular flexibility index (Phi) is 4.37. The van der Waals surface area contributed by atoms with E-state index in [9.17, 15) is 0 Å². The lowest BCUT2D eigenvalue weighted by molar-refractivity contribution is 0.774. The topological polar surface area (TPSA) is 63.8 Å². The minimum Gasteiger partial charge on any atom is -0.383 e. The molecule has 0 fully saturated rings. The van der Waals surface area contributed by atoms with Crippen molar-refractivity contribution in [1.29, 1.82) is 0 Å². The first-order valence-electron chi connectivity index (χ1n) is 6.47. The van der Waals surface area contributed by atoms with Gasteiger partial charge in [0, 0.05) is 18.0 Å². The molecule has 2 aromatic rings. The number of nitrogen functional groups attached to an aromatic ring is 1. The molecule has 0 saturated heterocycles. The molecule has 0 aromatic carbocycles. The molecular formula is C14H20N4S. The van der Waals surface area contributed by atoms with E-state index in [0.29, 0.717) is 5.82 Å². The number of hydrogen-bond donors (Lipinski definition) is 2. The Hall–Kier alpha value is -1.62. The summed E-state index contributed by atoms with van der Waals surface area (Å²) in [5, 5.41) is 7.63. The van der Waals surface area contributed by atoms with Crippen LogP contribution in [0.3, 0.4) is 0 Å². The van der Waals surface area contributed by atoms with Gasteiger partial charge in [-0.1, -0.05) is 13.8 Å². The number of hydrogen-bond acceptors (Lipinski definition) is 5. The van der Waals surface area contributed by atoms with Crippen LogP contribution in [0.15, 0.2) is 16.8 Å². The van der Waals surface area contributed by atoms with Gasteiger partial charge in [-0.3, -0.25) is 0 Å². The molecule has 0 amide bonds. The van der Waals surface area contributed by atoms with Crippen molar-refractivity contribution in [3.05, 3.63) is 33.8 Å². The zero-order chi connectivity index (χ0) is 13.8. The monoisotopic (exact) mass is 276 g/mol. The molecule has 4 nitrogen and oxygen atoms in total. The molecular weight excluding hydrogens is 256 g/mol. The lowest BCUT2D eigenvalue weighted by Crippen LogP contribution is -2.12. The fourth-order valence-corrected chi connectivity index (χ4v) is 2.45. The van der Waals surface area contributed by atoms with Crippen molar-refractivity contribution in [2.24, 2.45) is 0 Å². The van der Waals surface area contributed by atoms with Crippen molar-refractivity contribution in [1.82, 2.24) is 9.97 Å². The van der Waals surface area contributed by atoms with E-state index in [1.807, 2.05) is 6.92 Å². The predicted molar refractivity (Wildman–Crippen MR) is 81.8 cm³/mol. The highest BCUT2D eigenvalue weighted by molar-refractivity contribution is 7.07. The van der Waals surface area contributed by atoms with E-state index in [4.69, 9.17) is 5.73 Å². The number of thiophene rings is 1. The van der Waals surface area contributed by atoms with Crippen molar-refractivity contribution >= 4 is 23.0 Å². The van der Waals surface area contributed by atoms with Crippen LogP contribution in [0.1, 0.15) is 36.7 Å². The number of rotatable bonds is 5. The maximum absolute atomic E-state index is 5.94. The molecule has 0 aliphatic heterocycles. The Labute approximate surface area is 118 Å². The Balaban J connectivity index is 2.06. The van der Waals surface area contributed by atoms with Crippen molar-refractivity contribution < 1.29 is 0 Å². The maximum atomic E-state index is 5.94. The summed E-state index contributed by atoms with van der Waals surface area (Å²) in [4.78, 5) is 8.87. The molecule has 2 rings (SSSR count). The second-order valence-corrected chi connectivity index (χ2v) is 5.68. The average molecular weight is 276 g/mol. The maximum Gasteiger partial charge on any atom is 0.135 e. The van der Waals surface area contributed by atoms with Crippen LogP contribution in [0.5, 0.6) is 0 Å². The minimum absolute atomic E-state index is 0.278. The minimum atomic E-state index is 0.278. The normalized spacial score (nSPS) is 10.9. The molecule has 0 saturated carbocycles. The fraction of sp³-hybridized carbons (Fsp3) is 0.429. The van der Waals surface area contributed by atoms with Crippen molar-refractivity contribution in [2.45, 2.75) is 33.1 Å². The molecule has 2 aromatic heterocycles. The molecule has 0 spiro atoms. The van der Waals surface area contributed by atoms with Crippen LogP contribution in [0.4, 0.5) is 11.6 Å². The van der Waals surface area contributed by atoms with Gasteiger partial charge in [0.2, 0.25) is 0 Å². The lowest BCUT2D eigenvalue weighted by atomic mass is 10.2. The van der Waals surface area contributed by atoms with E-state index < -0.39 is 0 Å². The molecule has 102 valence electrons. The quantitative estimate of drug-likeness (QED) is 0.880. The third kappa shape index (κ3) is 3.44. The van der Waals surface area contributed by atoms with Gasteiger partial charge < -0.3 is 11.1 Å². The summed E-state index contributed by atoms with van der Waals surface area (Å²) in [6.45, 7) is 6.94. The SMILES string of the molecule is Cc1c(N)nc(C(C)C)nc1NCCc1ccsc1. The van der Waals surface area contributed by atoms with Crippen molar-refractivity contribution in [3.8, 4) is 0 Å². The average Bonchev–Trinajstić information content (AvgIpc) is 2.87. The Morgan fingerprint density at radius 2 is 2.16 bits per heavy atom. The molecule has 19 heavy (non-hydrogen) atoms. The number of nitrogens with zero attached hydrogens (tertiary/aromatic N) is 2. The smallest absolute Gasteiger partial charge is 0.135 e. The standard InChI is InChI=1S/C14H20N4S/c1-9(2)13-17-12(15)10(3)14(18-13)16-6-4-11-5-7-19-8-11/h5,7-9H,4,6H2,1-3H3,(H3,15,16,17,18). The summed E-state index contributed by atoms with van der Waals surface area (Å²) in [5.74, 6) is 2.49. The van der Waals surface area contributed by atoms with E-state index in [1.54, 1.807) is 11.3 Å². The zero-order valence-electron chi connectivity index (χ0n) is 11.6. The van der Waals surface area contributed by atoms with Gasteiger partial charge in [-0.2, -0.15) is 11.3 Å². The van der Waals surface area contributed by atoms with Gasteiger partial charge in [0.1, 0.15) is 17.5 Å². The van der Waals surface area contributed by atoms with Gasteiger partial charge in [0.25, 0.3) is 0 Å². The third-order valence-electron chi connectivity index (χ3n) is 3.00. The summed E-state index contributed by atoms with van der Waals surface area (Å²) in [6, 6.07) is 2.15. The molecule has 0 atom stereocenters. The first-order valence-corrected chi connectivity index (χ1v) is 7.41. The number of nitrogens with one attached hydrogen (secondary N) is 1. The molecule has 0 radical (unpaired) electrons. The van der Waals surface area contributed by atoms with E-state index in [-0.39, 0.29) is 5.92 Å². The van der Waals surface area contributed by atoms with Gasteiger partial charge in [0.15, 0.2) is 0 Å². The second-order valence-electron chi connectivity index (χ2n) is 4.90. The van der Waals surface area contributed by atoms with Crippen molar-refractivity contribution in [2.75, 3.05) is 17.6 Å². The number of anilines is 2. The van der Waals surface area contributed by atoms with Crippen molar-refractivity contribution in [3.63, 3.8) is 0 Å². The summed E-state index contributed by atoms with van der Waals surface area (Å²) >= 11 is 1.72. The van der Waals surface area contributed by atoms with Gasteiger partial charge in [-0.25, -0.2) is 9.97 Å².